The maximum atomic E-state index is 12.4. The van der Waals surface area contributed by atoms with Crippen molar-refractivity contribution in [3.63, 3.8) is 0 Å². The highest BCUT2D eigenvalue weighted by atomic mass is 16.5. The van der Waals surface area contributed by atoms with Crippen LogP contribution in [0.4, 0.5) is 5.69 Å². The summed E-state index contributed by atoms with van der Waals surface area (Å²) in [5.74, 6) is 0.421. The van der Waals surface area contributed by atoms with E-state index in [1.54, 1.807) is 0 Å². The van der Waals surface area contributed by atoms with Crippen molar-refractivity contribution < 1.29 is 43.2 Å². The number of carbonyl (C=O) groups excluding carboxylic acids is 4. The largest absolute Gasteiger partial charge is 0.505 e. The van der Waals surface area contributed by atoms with E-state index in [9.17, 15) is 24.3 Å². The molecule has 0 bridgehead atoms. The number of methoxy groups -OCH3 is 1. The number of nitrogens with two attached hydrogens (primary N) is 1. The number of Topliss-reactive ketones (excluding diaryl/α,β-unsaturated/α-hetero) is 1. The Labute approximate surface area is 282 Å². The lowest BCUT2D eigenvalue weighted by Gasteiger charge is -2.57. The molecule has 5 N–H and O–H groups in total. The smallest absolute Gasteiger partial charge is 0.256 e. The number of nitrogens with one attached hydrogen (secondary N) is 2. The van der Waals surface area contributed by atoms with Gasteiger partial charge in [-0.15, -0.1) is 0 Å². The van der Waals surface area contributed by atoms with Crippen LogP contribution in [0.15, 0.2) is 23.8 Å². The highest BCUT2D eigenvalue weighted by Crippen LogP contribution is 2.65. The highest BCUT2D eigenvalue weighted by Gasteiger charge is 2.59. The SMILES string of the molecule is COc1ccc(NC(=O)COCCOCCNC(=O)CCOC2CCC3C4CC=C5CC(=O)CCC5(C)C4CCC23C)c(O)c1C(N)=O. The van der Waals surface area contributed by atoms with Crippen molar-refractivity contribution in [2.75, 3.05) is 52.0 Å². The van der Waals surface area contributed by atoms with E-state index in [4.69, 9.17) is 24.7 Å². The van der Waals surface area contributed by atoms with Crippen LogP contribution in [0, 0.1) is 28.6 Å². The molecule has 0 spiro atoms. The van der Waals surface area contributed by atoms with E-state index >= 15 is 0 Å². The fourth-order valence-corrected chi connectivity index (χ4v) is 9.00. The Balaban J connectivity index is 0.934. The van der Waals surface area contributed by atoms with Gasteiger partial charge < -0.3 is 40.4 Å². The Morgan fingerprint density at radius 2 is 1.79 bits per heavy atom. The Kier molecular flexibility index (Phi) is 11.5. The topological polar surface area (TPSA) is 176 Å². The lowest BCUT2D eigenvalue weighted by molar-refractivity contribution is -0.126. The van der Waals surface area contributed by atoms with Crippen LogP contribution in [-0.4, -0.2) is 81.4 Å². The Morgan fingerprint density at radius 1 is 1.00 bits per heavy atom. The predicted molar refractivity (Wildman–Crippen MR) is 178 cm³/mol. The number of rotatable bonds is 15. The molecule has 6 atom stereocenters. The number of hydrogen-bond donors (Lipinski definition) is 4. The van der Waals surface area contributed by atoms with E-state index in [1.807, 2.05) is 0 Å². The summed E-state index contributed by atoms with van der Waals surface area (Å²) in [6.45, 7) is 5.94. The van der Waals surface area contributed by atoms with E-state index in [0.717, 1.165) is 32.1 Å². The molecule has 3 saturated carbocycles. The molecule has 0 aromatic heterocycles. The first kappa shape index (κ1) is 35.8. The second kappa shape index (κ2) is 15.4. The third-order valence-corrected chi connectivity index (χ3v) is 11.6. The molecule has 6 unspecified atom stereocenters. The van der Waals surface area contributed by atoms with Gasteiger partial charge in [-0.05, 0) is 79.2 Å². The Bertz CT molecular complexity index is 1410. The fourth-order valence-electron chi connectivity index (χ4n) is 9.00. The van der Waals surface area contributed by atoms with Gasteiger partial charge in [-0.25, -0.2) is 0 Å². The van der Waals surface area contributed by atoms with Crippen molar-refractivity contribution in [2.24, 2.45) is 34.3 Å². The average molecular weight is 670 g/mol. The molecule has 12 heteroatoms. The number of fused-ring (bicyclic) bond motifs is 5. The Morgan fingerprint density at radius 3 is 2.56 bits per heavy atom. The first-order chi connectivity index (χ1) is 23.0. The lowest BCUT2D eigenvalue weighted by Crippen LogP contribution is -2.51. The normalized spacial score (nSPS) is 29.2. The number of aromatic hydroxyl groups is 1. The van der Waals surface area contributed by atoms with E-state index in [1.165, 1.54) is 37.7 Å². The first-order valence-corrected chi connectivity index (χ1v) is 17.2. The minimum atomic E-state index is -0.890. The van der Waals surface area contributed by atoms with Gasteiger partial charge >= 0.3 is 0 Å². The number of benzene rings is 1. The van der Waals surface area contributed by atoms with E-state index < -0.39 is 17.6 Å². The number of anilines is 1. The van der Waals surface area contributed by atoms with Gasteiger partial charge in [-0.2, -0.15) is 0 Å². The molecule has 1 aromatic rings. The van der Waals surface area contributed by atoms with Crippen molar-refractivity contribution in [3.05, 3.63) is 29.3 Å². The summed E-state index contributed by atoms with van der Waals surface area (Å²) in [6.07, 6.45) is 10.8. The summed E-state index contributed by atoms with van der Waals surface area (Å²) in [5, 5.41) is 15.6. The molecule has 4 aliphatic rings. The summed E-state index contributed by atoms with van der Waals surface area (Å²) in [7, 11) is 1.33. The number of hydrogen-bond acceptors (Lipinski definition) is 9. The molecular formula is C36H51N3O9. The van der Waals surface area contributed by atoms with Crippen molar-refractivity contribution in [3.8, 4) is 11.5 Å². The van der Waals surface area contributed by atoms with Gasteiger partial charge in [-0.3, -0.25) is 19.2 Å². The Hall–Kier alpha value is -3.48. The molecule has 0 heterocycles. The molecule has 5 rings (SSSR count). The van der Waals surface area contributed by atoms with Gasteiger partial charge in [0.05, 0.1) is 45.3 Å². The van der Waals surface area contributed by atoms with Crippen LogP contribution < -0.4 is 21.1 Å². The molecular weight excluding hydrogens is 618 g/mol. The van der Waals surface area contributed by atoms with Crippen molar-refractivity contribution in [2.45, 2.75) is 77.7 Å². The third-order valence-electron chi connectivity index (χ3n) is 11.6. The van der Waals surface area contributed by atoms with Gasteiger partial charge in [0, 0.05) is 25.8 Å². The molecule has 0 radical (unpaired) electrons. The second-order valence-electron chi connectivity index (χ2n) is 14.2. The number of amides is 3. The molecule has 4 aliphatic carbocycles. The van der Waals surface area contributed by atoms with E-state index in [0.29, 0.717) is 56.1 Å². The molecule has 3 amide bonds. The van der Waals surface area contributed by atoms with Crippen LogP contribution >= 0.6 is 0 Å². The van der Waals surface area contributed by atoms with Crippen LogP contribution in [0.2, 0.25) is 0 Å². The van der Waals surface area contributed by atoms with E-state index in [-0.39, 0.29) is 59.7 Å². The summed E-state index contributed by atoms with van der Waals surface area (Å²) < 4.78 is 22.2. The molecule has 3 fully saturated rings. The molecule has 0 saturated heterocycles. The second-order valence-corrected chi connectivity index (χ2v) is 14.2. The van der Waals surface area contributed by atoms with Gasteiger partial charge in [0.2, 0.25) is 11.8 Å². The molecule has 48 heavy (non-hydrogen) atoms. The molecule has 12 nitrogen and oxygen atoms in total. The maximum absolute atomic E-state index is 12.4. The zero-order chi connectivity index (χ0) is 34.5. The number of carbonyl (C=O) groups is 4. The van der Waals surface area contributed by atoms with Crippen molar-refractivity contribution >= 4 is 29.2 Å². The maximum Gasteiger partial charge on any atom is 0.256 e. The van der Waals surface area contributed by atoms with Crippen molar-refractivity contribution in [1.82, 2.24) is 5.32 Å². The number of ketones is 1. The van der Waals surface area contributed by atoms with Crippen LogP contribution in [-0.2, 0) is 28.6 Å². The monoisotopic (exact) mass is 669 g/mol. The van der Waals surface area contributed by atoms with Gasteiger partial charge in [0.15, 0.2) is 5.75 Å². The summed E-state index contributed by atoms with van der Waals surface area (Å²) in [6, 6.07) is 2.81. The predicted octanol–water partition coefficient (Wildman–Crippen LogP) is 3.89. The van der Waals surface area contributed by atoms with Gasteiger partial charge in [0.1, 0.15) is 23.7 Å². The van der Waals surface area contributed by atoms with Crippen LogP contribution in [0.3, 0.4) is 0 Å². The summed E-state index contributed by atoms with van der Waals surface area (Å²) >= 11 is 0. The van der Waals surface area contributed by atoms with Crippen LogP contribution in [0.5, 0.6) is 11.5 Å². The minimum absolute atomic E-state index is 0.00825. The number of phenols is 1. The zero-order valence-corrected chi connectivity index (χ0v) is 28.4. The number of ether oxygens (including phenoxy) is 4. The quantitative estimate of drug-likeness (QED) is 0.123. The van der Waals surface area contributed by atoms with E-state index in [2.05, 4.69) is 30.6 Å². The van der Waals surface area contributed by atoms with Crippen molar-refractivity contribution in [1.29, 1.82) is 0 Å². The minimum Gasteiger partial charge on any atom is -0.505 e. The summed E-state index contributed by atoms with van der Waals surface area (Å²) in [5.41, 5.74) is 6.78. The van der Waals surface area contributed by atoms with Gasteiger partial charge in [-0.1, -0.05) is 25.5 Å². The highest BCUT2D eigenvalue weighted by molar-refractivity contribution is 6.02. The van der Waals surface area contributed by atoms with Crippen LogP contribution in [0.1, 0.15) is 82.0 Å². The third kappa shape index (κ3) is 7.55. The lowest BCUT2D eigenvalue weighted by atomic mass is 9.48. The average Bonchev–Trinajstić information content (AvgIpc) is 3.39. The first-order valence-electron chi connectivity index (χ1n) is 17.2. The standard InChI is InChI=1S/C36H51N3O9/c1-35-13-10-23(40)20-22(35)4-5-24-25-6-9-29(36(25,2)14-11-26(24)35)48-16-12-30(41)38-15-17-46-18-19-47-21-31(42)39-27-7-8-28(45-3)32(33(27)43)34(37)44/h4,7-8,24-26,29,43H,5-6,9-21H2,1-3H3,(H2,37,44)(H,38,41)(H,39,42). The number of allylic oxidation sites excluding steroid dienone is 2. The molecule has 264 valence electrons. The zero-order valence-electron chi connectivity index (χ0n) is 28.4. The molecule has 0 aliphatic heterocycles. The summed E-state index contributed by atoms with van der Waals surface area (Å²) in [4.78, 5) is 48.4. The molecule has 1 aromatic carbocycles. The fraction of sp³-hybridized carbons (Fsp3) is 0.667. The van der Waals surface area contributed by atoms with Crippen LogP contribution in [0.25, 0.3) is 0 Å². The number of primary amides is 1. The van der Waals surface area contributed by atoms with Gasteiger partial charge in [0.25, 0.3) is 5.91 Å².